The van der Waals surface area contributed by atoms with Gasteiger partial charge in [-0.15, -0.1) is 0 Å². The molecule has 0 bridgehead atoms. The molecule has 2 N–H and O–H groups in total. The minimum atomic E-state index is 0.0622. The lowest BCUT2D eigenvalue weighted by atomic mass is 9.91. The Balaban J connectivity index is 0.000000141. The number of aryl methyl sites for hydroxylation is 4. The predicted octanol–water partition coefficient (Wildman–Crippen LogP) is 21.3. The number of Topliss-reactive ketones (excluding diaryl/α,β-unsaturated/α-hetero) is 4. The van der Waals surface area contributed by atoms with Crippen LogP contribution in [0, 0.1) is 12.8 Å². The molecule has 1 atom stereocenters. The summed E-state index contributed by atoms with van der Waals surface area (Å²) >= 11 is 29.3. The zero-order chi connectivity index (χ0) is 80.0. The van der Waals surface area contributed by atoms with Crippen molar-refractivity contribution in [3.63, 3.8) is 0 Å². The Morgan fingerprint density at radius 2 is 0.939 bits per heavy atom. The average Bonchev–Trinajstić information content (AvgIpc) is 1.63. The minimum absolute atomic E-state index is 0.0622. The molecule has 114 heavy (non-hydrogen) atoms. The van der Waals surface area contributed by atoms with Gasteiger partial charge in [-0.05, 0) is 238 Å². The Kier molecular flexibility index (Phi) is 31.5. The molecule has 598 valence electrons. The molecule has 6 heterocycles. The molecule has 8 aromatic carbocycles. The number of carbonyl (C=O) groups excluding carboxylic acids is 4. The van der Waals surface area contributed by atoms with Gasteiger partial charge in [-0.3, -0.25) is 19.2 Å². The van der Waals surface area contributed by atoms with Crippen molar-refractivity contribution in [3.8, 4) is 5.75 Å². The van der Waals surface area contributed by atoms with E-state index in [0.717, 1.165) is 230 Å². The summed E-state index contributed by atoms with van der Waals surface area (Å²) in [4.78, 5) is 55.9. The molecule has 0 spiro atoms. The van der Waals surface area contributed by atoms with E-state index >= 15 is 0 Å². The van der Waals surface area contributed by atoms with Crippen LogP contribution in [0.3, 0.4) is 0 Å². The zero-order valence-electron chi connectivity index (χ0n) is 66.6. The number of fused-ring (bicyclic) bond motifs is 5. The summed E-state index contributed by atoms with van der Waals surface area (Å²) in [6.45, 7) is 25.5. The summed E-state index contributed by atoms with van der Waals surface area (Å²) in [5, 5.41) is 13.9. The quantitative estimate of drug-likeness (QED) is 0.0331. The molecular formula is C95H108BrCl4N9O5. The summed E-state index contributed by atoms with van der Waals surface area (Å²) < 4.78 is 15.4. The highest BCUT2D eigenvalue weighted by Gasteiger charge is 2.25. The highest BCUT2D eigenvalue weighted by molar-refractivity contribution is 9.10. The van der Waals surface area contributed by atoms with Gasteiger partial charge in [0.2, 0.25) is 0 Å². The first-order valence-corrected chi connectivity index (χ1v) is 42.9. The molecule has 4 aromatic heterocycles. The van der Waals surface area contributed by atoms with Crippen LogP contribution in [-0.2, 0) is 51.9 Å². The topological polar surface area (TPSA) is 131 Å². The average molecular weight is 1680 g/mol. The molecule has 12 aromatic rings. The summed E-state index contributed by atoms with van der Waals surface area (Å²) in [5.41, 5.74) is 13.8. The van der Waals surface area contributed by atoms with Gasteiger partial charge in [-0.25, -0.2) is 0 Å². The number of ketones is 4. The standard InChI is InChI=1S/C27H34BrN3O.C25H28Cl2N2O.C22H23ClN2O.C21H23ClN2O2/c1-21-26(22(2)32)24-11-6-12-25(28)27(24)31(21)17-8-16-29-14-7-15-30(20-19-29)18-13-23-9-4-3-5-10-23;1-18(30)22-17-29(25-21(22)9-4-11-24(25)27)14-6-13-28-12-5-7-19(16-28)15-20-8-2-3-10-23(20)26;1-15(26)20-14-25(22-19(20)8-4-9-21(22)23)11-5-10-24-18-12-16-6-2-3-7-17(16)13-18;1-16(25)19-15-24(21-18(19)9-5-10-20(21)22)13-6-11-23-12-14-26-17-7-3-2-4-8-17/h3-6,9-12H,7-8,13-20H2,1-2H3;2-4,8-11,17,19H,5-7,12-16H2,1H3;2-4,6-9,14,18,24H,5,10-13H2,1H3;2-5,7-10,15,23H,6,11-14H2,1H3. The smallest absolute Gasteiger partial charge is 0.162 e. The van der Waals surface area contributed by atoms with Crippen molar-refractivity contribution in [1.82, 2.24) is 43.6 Å². The number of para-hydroxylation sites is 5. The van der Waals surface area contributed by atoms with E-state index in [1.807, 2.05) is 122 Å². The van der Waals surface area contributed by atoms with E-state index in [-0.39, 0.29) is 23.1 Å². The number of aromatic nitrogens is 4. The molecule has 14 nitrogen and oxygen atoms in total. The molecule has 1 aliphatic carbocycles. The number of nitrogens with zero attached hydrogens (tertiary/aromatic N) is 7. The molecule has 2 fully saturated rings. The van der Waals surface area contributed by atoms with Gasteiger partial charge in [0.25, 0.3) is 0 Å². The predicted molar refractivity (Wildman–Crippen MR) is 476 cm³/mol. The molecule has 0 saturated carbocycles. The summed E-state index contributed by atoms with van der Waals surface area (Å²) in [6.07, 6.45) is 18.0. The van der Waals surface area contributed by atoms with Crippen LogP contribution < -0.4 is 15.4 Å². The number of ether oxygens (including phenoxy) is 1. The monoisotopic (exact) mass is 1670 g/mol. The number of hydrogen-bond donors (Lipinski definition) is 2. The van der Waals surface area contributed by atoms with Gasteiger partial charge < -0.3 is 48.3 Å². The Labute approximate surface area is 701 Å². The molecule has 0 radical (unpaired) electrons. The van der Waals surface area contributed by atoms with Crippen LogP contribution in [0.1, 0.15) is 142 Å². The van der Waals surface area contributed by atoms with E-state index < -0.39 is 0 Å². The van der Waals surface area contributed by atoms with Gasteiger partial charge in [0, 0.05) is 143 Å². The highest BCUT2D eigenvalue weighted by Crippen LogP contribution is 2.35. The third kappa shape index (κ3) is 22.5. The summed E-state index contributed by atoms with van der Waals surface area (Å²) in [7, 11) is 0. The number of hydrogen-bond acceptors (Lipinski definition) is 10. The van der Waals surface area contributed by atoms with Crippen LogP contribution in [0.25, 0.3) is 43.6 Å². The van der Waals surface area contributed by atoms with E-state index in [9.17, 15) is 19.2 Å². The van der Waals surface area contributed by atoms with E-state index in [2.05, 4.69) is 145 Å². The number of rotatable bonds is 30. The SMILES string of the molecule is CC(=O)c1c(C)n(CCCN2CCCN(CCc3ccccc3)CC2)c2c(Br)cccc12.CC(=O)c1cn(CCCN2CCCC(Cc3ccccc3Cl)C2)c2c(Cl)cccc12.CC(=O)c1cn(CCCNC2Cc3ccccc3C2)c2c(Cl)cccc12.CC(=O)c1cn(CCCNCCOc2ccccc2)c2c(Cl)cccc12. The lowest BCUT2D eigenvalue weighted by Gasteiger charge is -2.33. The molecular weight excluding hydrogens is 1570 g/mol. The van der Waals surface area contributed by atoms with Gasteiger partial charge in [0.05, 0.1) is 37.1 Å². The van der Waals surface area contributed by atoms with Gasteiger partial charge in [0.15, 0.2) is 23.1 Å². The Morgan fingerprint density at radius 1 is 0.456 bits per heavy atom. The lowest BCUT2D eigenvalue weighted by Crippen LogP contribution is -2.37. The Bertz CT molecular complexity index is 5200. The molecule has 15 rings (SSSR count). The van der Waals surface area contributed by atoms with Crippen molar-refractivity contribution in [3.05, 3.63) is 275 Å². The second-order valence-electron chi connectivity index (χ2n) is 30.6. The first-order valence-electron chi connectivity index (χ1n) is 40.6. The van der Waals surface area contributed by atoms with Crippen molar-refractivity contribution in [2.24, 2.45) is 5.92 Å². The second kappa shape index (κ2) is 42.1. The van der Waals surface area contributed by atoms with Crippen molar-refractivity contribution in [1.29, 1.82) is 0 Å². The normalized spacial score (nSPS) is 14.8. The molecule has 2 saturated heterocycles. The number of nitrogens with one attached hydrogen (secondary N) is 2. The third-order valence-corrected chi connectivity index (χ3v) is 24.4. The Morgan fingerprint density at radius 3 is 1.51 bits per heavy atom. The number of halogens is 5. The fourth-order valence-electron chi connectivity index (χ4n) is 16.9. The van der Waals surface area contributed by atoms with E-state index in [4.69, 9.17) is 51.1 Å². The zero-order valence-corrected chi connectivity index (χ0v) is 71.2. The number of benzene rings is 8. The minimum Gasteiger partial charge on any atom is -0.492 e. The highest BCUT2D eigenvalue weighted by atomic mass is 79.9. The largest absolute Gasteiger partial charge is 0.492 e. The van der Waals surface area contributed by atoms with Gasteiger partial charge >= 0.3 is 0 Å². The molecule has 2 aliphatic heterocycles. The van der Waals surface area contributed by atoms with Crippen molar-refractivity contribution in [2.45, 2.75) is 137 Å². The summed E-state index contributed by atoms with van der Waals surface area (Å²) in [5.74, 6) is 1.92. The lowest BCUT2D eigenvalue weighted by molar-refractivity contribution is 0.101. The van der Waals surface area contributed by atoms with Crippen molar-refractivity contribution >= 4 is 129 Å². The molecule has 19 heteroatoms. The second-order valence-corrected chi connectivity index (χ2v) is 33.1. The van der Waals surface area contributed by atoms with Crippen LogP contribution in [0.4, 0.5) is 0 Å². The fraction of sp³-hybridized carbons (Fsp3) is 0.368. The van der Waals surface area contributed by atoms with Gasteiger partial charge in [-0.1, -0.05) is 186 Å². The maximum Gasteiger partial charge on any atom is 0.162 e. The maximum absolute atomic E-state index is 12.3. The van der Waals surface area contributed by atoms with E-state index in [1.54, 1.807) is 27.7 Å². The van der Waals surface area contributed by atoms with E-state index in [0.29, 0.717) is 33.6 Å². The Hall–Kier alpha value is -8.16. The fourth-order valence-corrected chi connectivity index (χ4v) is 18.5. The number of likely N-dealkylation sites (tertiary alicyclic amines) is 1. The van der Waals surface area contributed by atoms with Crippen LogP contribution >= 0.6 is 62.3 Å². The van der Waals surface area contributed by atoms with E-state index in [1.165, 1.54) is 54.6 Å². The summed E-state index contributed by atoms with van der Waals surface area (Å²) in [6, 6.07) is 61.5. The first kappa shape index (κ1) is 85.2. The van der Waals surface area contributed by atoms with Crippen LogP contribution in [-0.4, -0.2) is 147 Å². The third-order valence-electron chi connectivity index (χ3n) is 22.5. The number of carbonyl (C=O) groups is 4. The van der Waals surface area contributed by atoms with Crippen LogP contribution in [0.2, 0.25) is 20.1 Å². The van der Waals surface area contributed by atoms with Gasteiger partial charge in [-0.2, -0.15) is 0 Å². The first-order chi connectivity index (χ1) is 55.4. The van der Waals surface area contributed by atoms with Crippen molar-refractivity contribution in [2.75, 3.05) is 85.1 Å². The van der Waals surface area contributed by atoms with Crippen LogP contribution in [0.15, 0.2) is 205 Å². The molecule has 0 amide bonds. The van der Waals surface area contributed by atoms with Crippen molar-refractivity contribution < 1.29 is 23.9 Å². The number of piperidine rings is 1. The van der Waals surface area contributed by atoms with Crippen LogP contribution in [0.5, 0.6) is 5.75 Å². The maximum atomic E-state index is 12.3. The molecule has 3 aliphatic rings. The molecule has 1 unspecified atom stereocenters. The van der Waals surface area contributed by atoms with Gasteiger partial charge in [0.1, 0.15) is 12.4 Å².